The summed E-state index contributed by atoms with van der Waals surface area (Å²) in [6, 6.07) is -4.32. The van der Waals surface area contributed by atoms with E-state index in [0.717, 1.165) is 0 Å². The van der Waals surface area contributed by atoms with Crippen molar-refractivity contribution in [3.05, 3.63) is 35.7 Å². The van der Waals surface area contributed by atoms with Crippen molar-refractivity contribution in [3.63, 3.8) is 0 Å². The van der Waals surface area contributed by atoms with Gasteiger partial charge in [0.1, 0.15) is 35.2 Å². The molecule has 3 atom stereocenters. The molecule has 4 aliphatic heterocycles. The summed E-state index contributed by atoms with van der Waals surface area (Å²) in [6.45, 7) is 3.18. The lowest BCUT2D eigenvalue weighted by Gasteiger charge is -2.21. The molecule has 1 saturated heterocycles. The molecule has 0 spiro atoms. The van der Waals surface area contributed by atoms with Gasteiger partial charge >= 0.3 is 0 Å². The monoisotopic (exact) mass is 680 g/mol. The maximum Gasteiger partial charge on any atom is 0.243 e. The van der Waals surface area contributed by atoms with Crippen molar-refractivity contribution in [2.45, 2.75) is 76.7 Å². The molecule has 4 aliphatic rings. The summed E-state index contributed by atoms with van der Waals surface area (Å²) in [5.41, 5.74) is 1.41. The number of rotatable bonds is 0. The molecule has 0 unspecified atom stereocenters. The quantitative estimate of drug-likeness (QED) is 0.130. The lowest BCUT2D eigenvalue weighted by Crippen LogP contribution is -2.53. The fourth-order valence-electron chi connectivity index (χ4n) is 5.44. The van der Waals surface area contributed by atoms with Crippen LogP contribution < -0.4 is 31.9 Å². The largest absolute Gasteiger partial charge is 0.350 e. The van der Waals surface area contributed by atoms with E-state index in [1.807, 2.05) is 0 Å². The minimum atomic E-state index is -1.44. The summed E-state index contributed by atoms with van der Waals surface area (Å²) in [5, 5.41) is 40.4. The van der Waals surface area contributed by atoms with Crippen LogP contribution in [0.25, 0.3) is 0 Å². The maximum atomic E-state index is 13.4. The zero-order valence-electron chi connectivity index (χ0n) is 26.4. The lowest BCUT2D eigenvalue weighted by atomic mass is 10.1. The van der Waals surface area contributed by atoms with Crippen LogP contribution in [0, 0.1) is 0 Å². The summed E-state index contributed by atoms with van der Waals surface area (Å²) in [7, 11) is 0. The van der Waals surface area contributed by atoms with Crippen molar-refractivity contribution in [1.29, 1.82) is 0 Å². The predicted molar refractivity (Wildman–Crippen MR) is 162 cm³/mol. The summed E-state index contributed by atoms with van der Waals surface area (Å²) < 4.78 is 4.97. The average Bonchev–Trinajstić information content (AvgIpc) is 3.84. The van der Waals surface area contributed by atoms with E-state index >= 15 is 0 Å². The zero-order chi connectivity index (χ0) is 34.3. The number of fused-ring (bicyclic) bond motifs is 15. The lowest BCUT2D eigenvalue weighted by molar-refractivity contribution is -0.133. The van der Waals surface area contributed by atoms with Gasteiger partial charge in [0.15, 0.2) is 0 Å². The Kier molecular flexibility index (Phi) is 10.1. The fraction of sp³-hybridized carbons (Fsp3) is 0.556. The van der Waals surface area contributed by atoms with Crippen LogP contribution in [0.3, 0.4) is 0 Å². The number of hydrogen-bond acceptors (Lipinski definition) is 13. The highest BCUT2D eigenvalue weighted by Crippen LogP contribution is 2.07. The average molecular weight is 681 g/mol. The molecule has 10 bridgehead atoms. The number of nitrogens with zero attached hydrogens (tertiary/aromatic N) is 10. The van der Waals surface area contributed by atoms with Gasteiger partial charge in [0.2, 0.25) is 35.4 Å². The Bertz CT molecular complexity index is 1520. The van der Waals surface area contributed by atoms with Crippen LogP contribution in [0.2, 0.25) is 0 Å². The standard InChI is InChI=1S/C27H36N16O6/c44-22-7-19-25(47)32-21-9-24(46)30-12-18-15-43(39-36-18)6-3-40(1-4-41-13-16(10-28-22)34-37-41)2-5-42-14-17(35-38-42)11-29-23(45)8-20(26(48)31-19)33-27(21)49/h13-15,19-21H,1-12H2,(H,28,44)(H,29,45)(H,30,46)(H,31,48)(H,32,47)(H,33,49)/t19-,20-,21-/m0/s1. The first-order valence-electron chi connectivity index (χ1n) is 15.8. The Balaban J connectivity index is 1.34. The van der Waals surface area contributed by atoms with E-state index in [0.29, 0.717) is 56.4 Å². The molecule has 7 heterocycles. The van der Waals surface area contributed by atoms with Crippen molar-refractivity contribution in [2.24, 2.45) is 0 Å². The predicted octanol–water partition coefficient (Wildman–Crippen LogP) is -5.32. The van der Waals surface area contributed by atoms with Crippen molar-refractivity contribution in [2.75, 3.05) is 19.6 Å². The molecular weight excluding hydrogens is 644 g/mol. The molecule has 3 aromatic rings. The van der Waals surface area contributed by atoms with Gasteiger partial charge in [-0.1, -0.05) is 15.6 Å². The first-order chi connectivity index (χ1) is 23.7. The van der Waals surface area contributed by atoms with E-state index < -0.39 is 72.8 Å². The zero-order valence-corrected chi connectivity index (χ0v) is 26.4. The second-order valence-electron chi connectivity index (χ2n) is 11.9. The molecule has 6 N–H and O–H groups in total. The third-order valence-corrected chi connectivity index (χ3v) is 8.16. The van der Waals surface area contributed by atoms with Gasteiger partial charge in [-0.2, -0.15) is 0 Å². The number of carbonyl (C=O) groups is 6. The number of amides is 6. The van der Waals surface area contributed by atoms with E-state index in [2.05, 4.69) is 67.7 Å². The van der Waals surface area contributed by atoms with Crippen LogP contribution in [-0.4, -0.2) is 123 Å². The van der Waals surface area contributed by atoms with Gasteiger partial charge in [-0.3, -0.25) is 47.7 Å². The molecular formula is C27H36N16O6. The molecule has 22 heteroatoms. The molecule has 3 aromatic heterocycles. The van der Waals surface area contributed by atoms with Crippen LogP contribution in [0.4, 0.5) is 0 Å². The molecule has 22 nitrogen and oxygen atoms in total. The highest BCUT2D eigenvalue weighted by atomic mass is 16.2. The smallest absolute Gasteiger partial charge is 0.243 e. The first kappa shape index (κ1) is 33.1. The minimum Gasteiger partial charge on any atom is -0.350 e. The highest BCUT2D eigenvalue weighted by molar-refractivity contribution is 6.01. The van der Waals surface area contributed by atoms with Gasteiger partial charge in [-0.05, 0) is 0 Å². The van der Waals surface area contributed by atoms with Crippen LogP contribution in [0.5, 0.6) is 0 Å². The number of nitrogens with one attached hydrogen (secondary N) is 6. The molecule has 0 radical (unpaired) electrons. The maximum absolute atomic E-state index is 13.4. The molecule has 7 rings (SSSR count). The van der Waals surface area contributed by atoms with Gasteiger partial charge in [0.05, 0.1) is 77.1 Å². The normalized spacial score (nSPS) is 25.0. The van der Waals surface area contributed by atoms with E-state index in [1.165, 1.54) is 0 Å². The summed E-state index contributed by atoms with van der Waals surface area (Å²) in [6.07, 6.45) is 3.59. The Morgan fingerprint density at radius 2 is 0.776 bits per heavy atom. The Morgan fingerprint density at radius 1 is 0.469 bits per heavy atom. The molecule has 0 aromatic carbocycles. The number of hydrogen-bond donors (Lipinski definition) is 6. The van der Waals surface area contributed by atoms with Gasteiger partial charge in [-0.15, -0.1) is 15.3 Å². The Morgan fingerprint density at radius 3 is 1.08 bits per heavy atom. The van der Waals surface area contributed by atoms with Gasteiger partial charge in [0.25, 0.3) is 0 Å². The van der Waals surface area contributed by atoms with Crippen molar-refractivity contribution in [3.8, 4) is 0 Å². The van der Waals surface area contributed by atoms with Gasteiger partial charge < -0.3 is 31.9 Å². The Hall–Kier alpha value is -5.80. The molecule has 6 amide bonds. The number of carbonyl (C=O) groups excluding carboxylic acids is 6. The van der Waals surface area contributed by atoms with E-state index in [-0.39, 0.29) is 19.6 Å². The van der Waals surface area contributed by atoms with Crippen molar-refractivity contribution in [1.82, 2.24) is 81.8 Å². The summed E-state index contributed by atoms with van der Waals surface area (Å²) in [5.74, 6) is -4.40. The highest BCUT2D eigenvalue weighted by Gasteiger charge is 2.36. The second-order valence-corrected chi connectivity index (χ2v) is 11.9. The second kappa shape index (κ2) is 15.0. The summed E-state index contributed by atoms with van der Waals surface area (Å²) in [4.78, 5) is 81.2. The Labute approximate surface area is 278 Å². The third kappa shape index (κ3) is 8.97. The first-order valence-corrected chi connectivity index (χ1v) is 15.8. The molecule has 0 saturated carbocycles. The minimum absolute atomic E-state index is 0.000266. The van der Waals surface area contributed by atoms with E-state index in [1.54, 1.807) is 32.6 Å². The fourth-order valence-corrected chi connectivity index (χ4v) is 5.44. The van der Waals surface area contributed by atoms with Gasteiger partial charge in [0, 0.05) is 19.6 Å². The third-order valence-electron chi connectivity index (χ3n) is 8.16. The van der Waals surface area contributed by atoms with Crippen molar-refractivity contribution >= 4 is 35.4 Å². The van der Waals surface area contributed by atoms with Crippen LogP contribution in [0.1, 0.15) is 36.3 Å². The van der Waals surface area contributed by atoms with E-state index in [9.17, 15) is 28.8 Å². The molecule has 49 heavy (non-hydrogen) atoms. The van der Waals surface area contributed by atoms with E-state index in [4.69, 9.17) is 0 Å². The summed E-state index contributed by atoms with van der Waals surface area (Å²) >= 11 is 0. The number of aromatic nitrogens is 9. The topological polar surface area (TPSA) is 270 Å². The van der Waals surface area contributed by atoms with Crippen LogP contribution in [-0.2, 0) is 68.0 Å². The van der Waals surface area contributed by atoms with Crippen molar-refractivity contribution < 1.29 is 28.8 Å². The molecule has 1 fully saturated rings. The SMILES string of the molecule is O=C1C[C@@H]2NC(=O)[C@@H]3CC(=O)NCc4cn(nn4)CCN(CCn4cc(nn4)CN1)CCn1cc(nn1)CNC(=O)C[C@H](NC2=O)C(=O)N3. The molecule has 260 valence electrons. The van der Waals surface area contributed by atoms with Gasteiger partial charge in [-0.25, -0.2) is 0 Å². The van der Waals surface area contributed by atoms with Crippen LogP contribution >= 0.6 is 0 Å². The molecule has 0 aliphatic carbocycles. The van der Waals surface area contributed by atoms with Crippen LogP contribution in [0.15, 0.2) is 18.6 Å².